The summed E-state index contributed by atoms with van der Waals surface area (Å²) in [6, 6.07) is 0. The fourth-order valence-electron chi connectivity index (χ4n) is 1.41. The van der Waals surface area contributed by atoms with E-state index >= 15 is 0 Å². The van der Waals surface area contributed by atoms with E-state index in [1.54, 1.807) is 11.3 Å². The molecule has 0 aliphatic carbocycles. The molecule has 0 aliphatic rings. The molecule has 0 bridgehead atoms. The maximum atomic E-state index is 5.53. The SMILES string of the molecule is CNc1ncc(CCc2nc(C)c(C)o2)s1. The third-order valence-electron chi connectivity index (χ3n) is 2.43. The third-order valence-corrected chi connectivity index (χ3v) is 3.50. The molecule has 1 N–H and O–H groups in total. The Kier molecular flexibility index (Phi) is 3.24. The highest BCUT2D eigenvalue weighted by Crippen LogP contribution is 2.19. The molecule has 0 unspecified atom stereocenters. The summed E-state index contributed by atoms with van der Waals surface area (Å²) in [6.07, 6.45) is 3.66. The van der Waals surface area contributed by atoms with Gasteiger partial charge in [-0.1, -0.05) is 0 Å². The van der Waals surface area contributed by atoms with Gasteiger partial charge in [-0.25, -0.2) is 9.97 Å². The van der Waals surface area contributed by atoms with Gasteiger partial charge in [-0.2, -0.15) is 0 Å². The van der Waals surface area contributed by atoms with Gasteiger partial charge in [0, 0.05) is 24.5 Å². The number of nitrogens with zero attached hydrogens (tertiary/aromatic N) is 2. The molecule has 0 fully saturated rings. The summed E-state index contributed by atoms with van der Waals surface area (Å²) < 4.78 is 5.53. The smallest absolute Gasteiger partial charge is 0.194 e. The van der Waals surface area contributed by atoms with E-state index < -0.39 is 0 Å². The largest absolute Gasteiger partial charge is 0.446 e. The second-order valence-corrected chi connectivity index (χ2v) is 4.75. The highest BCUT2D eigenvalue weighted by molar-refractivity contribution is 7.15. The molecule has 2 rings (SSSR count). The summed E-state index contributed by atoms with van der Waals surface area (Å²) in [5.74, 6) is 1.73. The van der Waals surface area contributed by atoms with Gasteiger partial charge in [-0.3, -0.25) is 0 Å². The van der Waals surface area contributed by atoms with Gasteiger partial charge in [-0.05, 0) is 20.3 Å². The fraction of sp³-hybridized carbons (Fsp3) is 0.455. The highest BCUT2D eigenvalue weighted by atomic mass is 32.1. The summed E-state index contributed by atoms with van der Waals surface area (Å²) in [7, 11) is 1.88. The molecule has 4 nitrogen and oxygen atoms in total. The van der Waals surface area contributed by atoms with Gasteiger partial charge in [0.1, 0.15) is 5.76 Å². The Morgan fingerprint density at radius 2 is 2.19 bits per heavy atom. The predicted octanol–water partition coefficient (Wildman–Crippen LogP) is 2.57. The number of oxazole rings is 1. The molecule has 0 saturated heterocycles. The van der Waals surface area contributed by atoms with Crippen LogP contribution in [0.4, 0.5) is 5.13 Å². The van der Waals surface area contributed by atoms with Gasteiger partial charge in [0.05, 0.1) is 5.69 Å². The first-order valence-electron chi connectivity index (χ1n) is 5.24. The monoisotopic (exact) mass is 237 g/mol. The van der Waals surface area contributed by atoms with E-state index in [4.69, 9.17) is 4.42 Å². The van der Waals surface area contributed by atoms with E-state index in [-0.39, 0.29) is 0 Å². The van der Waals surface area contributed by atoms with Crippen LogP contribution in [0.5, 0.6) is 0 Å². The molecule has 0 radical (unpaired) electrons. The minimum atomic E-state index is 0.814. The molecule has 0 saturated carbocycles. The normalized spacial score (nSPS) is 10.7. The van der Waals surface area contributed by atoms with Crippen LogP contribution < -0.4 is 5.32 Å². The average Bonchev–Trinajstić information content (AvgIpc) is 2.84. The quantitative estimate of drug-likeness (QED) is 0.888. The summed E-state index contributed by atoms with van der Waals surface area (Å²) in [4.78, 5) is 9.83. The first kappa shape index (κ1) is 11.1. The molecule has 2 aromatic rings. The summed E-state index contributed by atoms with van der Waals surface area (Å²) >= 11 is 1.67. The number of aryl methyl sites for hydroxylation is 4. The van der Waals surface area contributed by atoms with E-state index in [0.717, 1.165) is 35.3 Å². The minimum absolute atomic E-state index is 0.814. The summed E-state index contributed by atoms with van der Waals surface area (Å²) in [5.41, 5.74) is 0.982. The van der Waals surface area contributed by atoms with E-state index in [9.17, 15) is 0 Å². The number of rotatable bonds is 4. The Morgan fingerprint density at radius 1 is 1.38 bits per heavy atom. The highest BCUT2D eigenvalue weighted by Gasteiger charge is 2.07. The molecule has 86 valence electrons. The second kappa shape index (κ2) is 4.65. The Labute approximate surface area is 98.7 Å². The van der Waals surface area contributed by atoms with Crippen LogP contribution in [0.15, 0.2) is 10.6 Å². The van der Waals surface area contributed by atoms with Crippen LogP contribution >= 0.6 is 11.3 Å². The zero-order valence-corrected chi connectivity index (χ0v) is 10.5. The molecule has 2 heterocycles. The number of aromatic nitrogens is 2. The summed E-state index contributed by atoms with van der Waals surface area (Å²) in [6.45, 7) is 3.91. The molecular weight excluding hydrogens is 222 g/mol. The van der Waals surface area contributed by atoms with E-state index in [1.807, 2.05) is 27.1 Å². The van der Waals surface area contributed by atoms with E-state index in [0.29, 0.717) is 0 Å². The number of thiazole rings is 1. The van der Waals surface area contributed by atoms with Crippen LogP contribution in [0, 0.1) is 13.8 Å². The van der Waals surface area contributed by atoms with Crippen LogP contribution in [0.25, 0.3) is 0 Å². The van der Waals surface area contributed by atoms with E-state index in [1.165, 1.54) is 4.88 Å². The van der Waals surface area contributed by atoms with Gasteiger partial charge in [0.2, 0.25) is 0 Å². The first-order valence-corrected chi connectivity index (χ1v) is 6.06. The van der Waals surface area contributed by atoms with Crippen LogP contribution in [0.1, 0.15) is 22.2 Å². The minimum Gasteiger partial charge on any atom is -0.446 e. The lowest BCUT2D eigenvalue weighted by atomic mass is 10.3. The molecule has 5 heteroatoms. The number of nitrogens with one attached hydrogen (secondary N) is 1. The average molecular weight is 237 g/mol. The first-order chi connectivity index (χ1) is 7.69. The molecule has 0 aliphatic heterocycles. The Bertz CT molecular complexity index is 456. The molecular formula is C11H15N3OS. The zero-order chi connectivity index (χ0) is 11.5. The van der Waals surface area contributed by atoms with Crippen LogP contribution in [0.2, 0.25) is 0 Å². The standard InChI is InChI=1S/C11H15N3OS/c1-7-8(2)15-10(14-7)5-4-9-6-13-11(12-3)16-9/h6H,4-5H2,1-3H3,(H,12,13). The molecule has 2 aromatic heterocycles. The third kappa shape index (κ3) is 2.41. The lowest BCUT2D eigenvalue weighted by Crippen LogP contribution is -1.88. The van der Waals surface area contributed by atoms with Crippen molar-refractivity contribution in [2.75, 3.05) is 12.4 Å². The predicted molar refractivity (Wildman–Crippen MR) is 65.0 cm³/mol. The maximum Gasteiger partial charge on any atom is 0.194 e. The summed E-state index contributed by atoms with van der Waals surface area (Å²) in [5, 5.41) is 3.98. The molecule has 0 amide bonds. The maximum absolute atomic E-state index is 5.53. The van der Waals surface area contributed by atoms with Gasteiger partial charge < -0.3 is 9.73 Å². The lowest BCUT2D eigenvalue weighted by Gasteiger charge is -1.92. The van der Waals surface area contributed by atoms with Crippen molar-refractivity contribution in [3.8, 4) is 0 Å². The van der Waals surface area contributed by atoms with Crippen molar-refractivity contribution >= 4 is 16.5 Å². The van der Waals surface area contributed by atoms with Crippen molar-refractivity contribution in [3.05, 3.63) is 28.4 Å². The van der Waals surface area contributed by atoms with Crippen molar-refractivity contribution in [2.45, 2.75) is 26.7 Å². The van der Waals surface area contributed by atoms with Crippen molar-refractivity contribution < 1.29 is 4.42 Å². The van der Waals surface area contributed by atoms with Crippen LogP contribution in [-0.4, -0.2) is 17.0 Å². The van der Waals surface area contributed by atoms with Gasteiger partial charge >= 0.3 is 0 Å². The van der Waals surface area contributed by atoms with Gasteiger partial charge in [-0.15, -0.1) is 11.3 Å². The van der Waals surface area contributed by atoms with Gasteiger partial charge in [0.15, 0.2) is 11.0 Å². The zero-order valence-electron chi connectivity index (χ0n) is 9.70. The molecule has 0 atom stereocenters. The van der Waals surface area contributed by atoms with Crippen molar-refractivity contribution in [1.29, 1.82) is 0 Å². The Balaban J connectivity index is 1.96. The fourth-order valence-corrected chi connectivity index (χ4v) is 2.18. The lowest BCUT2D eigenvalue weighted by molar-refractivity contribution is 0.470. The van der Waals surface area contributed by atoms with E-state index in [2.05, 4.69) is 15.3 Å². The topological polar surface area (TPSA) is 51.0 Å². The Morgan fingerprint density at radius 3 is 2.75 bits per heavy atom. The molecule has 16 heavy (non-hydrogen) atoms. The van der Waals surface area contributed by atoms with Gasteiger partial charge in [0.25, 0.3) is 0 Å². The van der Waals surface area contributed by atoms with Crippen molar-refractivity contribution in [2.24, 2.45) is 0 Å². The number of anilines is 1. The molecule has 0 aromatic carbocycles. The number of hydrogen-bond acceptors (Lipinski definition) is 5. The second-order valence-electron chi connectivity index (χ2n) is 3.63. The van der Waals surface area contributed by atoms with Crippen LogP contribution in [0.3, 0.4) is 0 Å². The number of hydrogen-bond donors (Lipinski definition) is 1. The van der Waals surface area contributed by atoms with Crippen molar-refractivity contribution in [3.63, 3.8) is 0 Å². The Hall–Kier alpha value is -1.36. The molecule has 0 spiro atoms. The van der Waals surface area contributed by atoms with Crippen molar-refractivity contribution in [1.82, 2.24) is 9.97 Å². The van der Waals surface area contributed by atoms with Crippen LogP contribution in [-0.2, 0) is 12.8 Å².